The normalized spacial score (nSPS) is 14.8. The van der Waals surface area contributed by atoms with Crippen LogP contribution in [0.1, 0.15) is 72.0 Å². The molecule has 0 atom stereocenters. The fourth-order valence-electron chi connectivity index (χ4n) is 13.3. The van der Waals surface area contributed by atoms with Crippen molar-refractivity contribution in [2.24, 2.45) is 0 Å². The lowest BCUT2D eigenvalue weighted by molar-refractivity contribution is -0.570. The van der Waals surface area contributed by atoms with Crippen molar-refractivity contribution in [1.82, 2.24) is 14.1 Å². The molecule has 16 rings (SSSR count). The first-order chi connectivity index (χ1) is 41.9. The minimum atomic E-state index is -0.508. The molecule has 0 spiro atoms. The molecular formula is C76H58N4O2. The Labute approximate surface area is 483 Å². The van der Waals surface area contributed by atoms with Crippen LogP contribution < -0.4 is 9.30 Å². The van der Waals surface area contributed by atoms with Gasteiger partial charge in [-0.15, -0.1) is 0 Å². The predicted octanol–water partition coefficient (Wildman–Crippen LogP) is 19.4. The molecule has 14 aromatic rings. The number of fused-ring (bicyclic) bond motifs is 15. The van der Waals surface area contributed by atoms with Crippen LogP contribution in [0.5, 0.6) is 11.5 Å². The lowest BCUT2D eigenvalue weighted by atomic mass is 9.61. The summed E-state index contributed by atoms with van der Waals surface area (Å²) in [5.74, 6) is 2.12. The minimum Gasteiger partial charge on any atom is -0.458 e. The molecule has 2 aliphatic heterocycles. The van der Waals surface area contributed by atoms with Crippen molar-refractivity contribution < 1.29 is 20.6 Å². The Hall–Kier alpha value is -9.78. The van der Waals surface area contributed by atoms with Gasteiger partial charge in [-0.3, -0.25) is 13.7 Å². The average molecular weight is 1060 g/mol. The van der Waals surface area contributed by atoms with Crippen LogP contribution in [0.15, 0.2) is 229 Å². The van der Waals surface area contributed by atoms with Crippen molar-refractivity contribution in [2.75, 3.05) is 0 Å². The van der Waals surface area contributed by atoms with E-state index in [1.807, 2.05) is 54.7 Å². The van der Waals surface area contributed by atoms with Gasteiger partial charge in [-0.05, 0) is 144 Å². The van der Waals surface area contributed by atoms with Crippen LogP contribution in [-0.4, -0.2) is 14.1 Å². The highest BCUT2D eigenvalue weighted by Gasteiger charge is 2.46. The van der Waals surface area contributed by atoms with E-state index in [-0.39, 0.29) is 23.1 Å². The molecule has 0 N–H and O–H groups in total. The Morgan fingerprint density at radius 2 is 1.16 bits per heavy atom. The molecule has 0 aliphatic carbocycles. The number of imidazole rings is 1. The van der Waals surface area contributed by atoms with Gasteiger partial charge in [0.2, 0.25) is 0 Å². The van der Waals surface area contributed by atoms with Crippen LogP contribution in [0.2, 0.25) is 0 Å². The summed E-state index contributed by atoms with van der Waals surface area (Å²) in [4.78, 5) is 4.95. The second-order valence-electron chi connectivity index (χ2n) is 24.1. The first kappa shape index (κ1) is 43.1. The first-order valence-corrected chi connectivity index (χ1v) is 28.1. The van der Waals surface area contributed by atoms with Crippen LogP contribution >= 0.6 is 0 Å². The van der Waals surface area contributed by atoms with Gasteiger partial charge in [0.1, 0.15) is 28.5 Å². The molecule has 6 heterocycles. The number of aromatic nitrogens is 4. The molecule has 10 aromatic carbocycles. The van der Waals surface area contributed by atoms with Crippen LogP contribution in [0.3, 0.4) is 0 Å². The molecule has 82 heavy (non-hydrogen) atoms. The van der Waals surface area contributed by atoms with E-state index in [1.54, 1.807) is 0 Å². The number of hydrogen-bond donors (Lipinski definition) is 0. The first-order valence-electron chi connectivity index (χ1n) is 30.6. The molecule has 0 amide bonds. The quantitative estimate of drug-likeness (QED) is 0.127. The van der Waals surface area contributed by atoms with E-state index in [0.717, 1.165) is 116 Å². The second-order valence-corrected chi connectivity index (χ2v) is 24.1. The zero-order valence-electron chi connectivity index (χ0n) is 51.6. The maximum Gasteiger partial charge on any atom is 0.269 e. The summed E-state index contributed by atoms with van der Waals surface area (Å²) in [5, 5.41) is 4.13. The van der Waals surface area contributed by atoms with Crippen molar-refractivity contribution in [3.05, 3.63) is 247 Å². The van der Waals surface area contributed by atoms with Gasteiger partial charge in [-0.1, -0.05) is 200 Å². The highest BCUT2D eigenvalue weighted by molar-refractivity contribution is 6.12. The zero-order chi connectivity index (χ0) is 59.7. The number of ether oxygens (including phenoxy) is 1. The van der Waals surface area contributed by atoms with E-state index >= 15 is 0 Å². The number of pyridine rings is 1. The van der Waals surface area contributed by atoms with Gasteiger partial charge in [0.15, 0.2) is 0 Å². The Morgan fingerprint density at radius 1 is 0.537 bits per heavy atom. The number of hydrogen-bond acceptors (Lipinski definition) is 3. The van der Waals surface area contributed by atoms with E-state index in [4.69, 9.17) is 15.5 Å². The molecule has 0 unspecified atom stereocenters. The van der Waals surface area contributed by atoms with Gasteiger partial charge in [-0.2, -0.15) is 0 Å². The van der Waals surface area contributed by atoms with Crippen molar-refractivity contribution in [1.29, 1.82) is 0 Å². The van der Waals surface area contributed by atoms with E-state index in [1.165, 1.54) is 5.56 Å². The molecular weight excluding hydrogens is 1000 g/mol. The van der Waals surface area contributed by atoms with Gasteiger partial charge in [0, 0.05) is 39.4 Å². The van der Waals surface area contributed by atoms with Crippen molar-refractivity contribution in [3.8, 4) is 84.3 Å². The van der Waals surface area contributed by atoms with Crippen LogP contribution in [0, 0.1) is 6.33 Å². The summed E-state index contributed by atoms with van der Waals surface area (Å²) >= 11 is 0. The lowest BCUT2D eigenvalue weighted by Crippen LogP contribution is -2.40. The molecule has 6 heteroatoms. The van der Waals surface area contributed by atoms with Gasteiger partial charge in [0.25, 0.3) is 6.33 Å². The average Bonchev–Trinajstić information content (AvgIpc) is 1.67. The number of furan rings is 1. The van der Waals surface area contributed by atoms with E-state index in [2.05, 4.69) is 208 Å². The van der Waals surface area contributed by atoms with Gasteiger partial charge >= 0.3 is 0 Å². The molecule has 0 radical (unpaired) electrons. The molecule has 0 saturated heterocycles. The third-order valence-electron chi connectivity index (χ3n) is 18.2. The summed E-state index contributed by atoms with van der Waals surface area (Å²) in [5.41, 5.74) is 16.7. The van der Waals surface area contributed by atoms with E-state index in [9.17, 15) is 5.48 Å². The number of nitrogens with zero attached hydrogens (tertiary/aromatic N) is 4. The van der Waals surface area contributed by atoms with Gasteiger partial charge in [0.05, 0.1) is 40.3 Å². The van der Waals surface area contributed by atoms with Gasteiger partial charge < -0.3 is 9.15 Å². The molecule has 0 fully saturated rings. The number of benzene rings is 10. The maximum atomic E-state index is 9.80. The minimum absolute atomic E-state index is 0.0722. The molecule has 2 aliphatic rings. The standard InChI is InChI=1S/C76H58N4O2/c1-74(2,3)48-38-39-77-69(42-48)80-65-30-17-15-26-56(65)57-34-32-49(43-66(57)80)81-50-33-36-63-67(44-50)78-45-79-70-61(46-20-9-8-10-21-46)40-47(51-28-19-29-60-58-27-16-18-31-68(58)82-73(51)60)41-62(70)55-25-14-12-23-53(55)52-22-11-13-24-54(52)59-35-37-64(72(78)71(59)79)76(6,7)75(63,4)5/h8-44H,1-7H3/i8D,9D,10D,20D,21D. The Balaban J connectivity index is 0.994. The van der Waals surface area contributed by atoms with Crippen molar-refractivity contribution >= 4 is 54.8 Å². The predicted molar refractivity (Wildman–Crippen MR) is 335 cm³/mol. The van der Waals surface area contributed by atoms with Crippen LogP contribution in [0.25, 0.3) is 128 Å². The van der Waals surface area contributed by atoms with Gasteiger partial charge in [-0.25, -0.2) is 4.98 Å². The van der Waals surface area contributed by atoms with Crippen molar-refractivity contribution in [2.45, 2.75) is 64.7 Å². The Bertz CT molecular complexity index is 5300. The molecule has 6 nitrogen and oxygen atoms in total. The summed E-state index contributed by atoms with van der Waals surface area (Å²) < 4.78 is 67.3. The molecule has 0 saturated carbocycles. The van der Waals surface area contributed by atoms with Crippen LogP contribution in [-0.2, 0) is 16.2 Å². The monoisotopic (exact) mass is 1060 g/mol. The summed E-state index contributed by atoms with van der Waals surface area (Å²) in [6.07, 6.45) is 5.92. The highest BCUT2D eigenvalue weighted by Crippen LogP contribution is 2.54. The summed E-state index contributed by atoms with van der Waals surface area (Å²) in [7, 11) is 0. The fraction of sp³-hybridized carbons (Fsp3) is 0.132. The third-order valence-corrected chi connectivity index (χ3v) is 18.2. The van der Waals surface area contributed by atoms with E-state index < -0.39 is 29.0 Å². The molecule has 394 valence electrons. The maximum absolute atomic E-state index is 9.80. The Morgan fingerprint density at radius 3 is 1.94 bits per heavy atom. The lowest BCUT2D eigenvalue weighted by Gasteiger charge is -2.43. The molecule has 4 aromatic heterocycles. The second kappa shape index (κ2) is 17.4. The summed E-state index contributed by atoms with van der Waals surface area (Å²) in [6.45, 7) is 15.9. The smallest absolute Gasteiger partial charge is 0.269 e. The largest absolute Gasteiger partial charge is 0.458 e. The Kier molecular flexibility index (Phi) is 9.12. The van der Waals surface area contributed by atoms with Crippen LogP contribution in [0.4, 0.5) is 0 Å². The SMILES string of the molecule is [2H]c1c([2H])c([2H])c(-c2cc(-c3cccc4c3oc3ccccc34)cc3c2-[n+]2[c-]n4c5c(ccc(c52)-c2ccccc2-c2ccccc2-3)C(C)(C)C(C)(C)c2ccc(Oc3ccc5c6ccccc6n(-c6cc(C(C)(C)C)ccn6)c5c3)cc2-4)c([2H])c1[2H]. The van der Waals surface area contributed by atoms with E-state index in [0.29, 0.717) is 28.3 Å². The van der Waals surface area contributed by atoms with Crippen molar-refractivity contribution in [3.63, 3.8) is 0 Å². The molecule has 0 bridgehead atoms. The zero-order valence-corrected chi connectivity index (χ0v) is 46.6. The topological polar surface area (TPSA) is 49.0 Å². The summed E-state index contributed by atoms with van der Waals surface area (Å²) in [6, 6.07) is 63.3. The number of para-hydroxylation sites is 3. The fourth-order valence-corrected chi connectivity index (χ4v) is 13.3. The number of rotatable bonds is 5. The third kappa shape index (κ3) is 6.94. The highest BCUT2D eigenvalue weighted by atomic mass is 16.5.